The van der Waals surface area contributed by atoms with Crippen LogP contribution in [0.25, 0.3) is 0 Å². The molecule has 8 heteroatoms. The number of halogens is 1. The van der Waals surface area contributed by atoms with Gasteiger partial charge in [0.25, 0.3) is 0 Å². The highest BCUT2D eigenvalue weighted by Gasteiger charge is 2.27. The number of rotatable bonds is 10. The highest BCUT2D eigenvalue weighted by atomic mass is 35.5. The van der Waals surface area contributed by atoms with Gasteiger partial charge in [0, 0.05) is 61.9 Å². The summed E-state index contributed by atoms with van der Waals surface area (Å²) in [6, 6.07) is 7.65. The van der Waals surface area contributed by atoms with Crippen LogP contribution in [0, 0.1) is 5.92 Å². The molecule has 1 aromatic carbocycles. The molecule has 0 atom stereocenters. The minimum Gasteiger partial charge on any atom is -0.385 e. The maximum Gasteiger partial charge on any atom is 0.225 e. The van der Waals surface area contributed by atoms with Gasteiger partial charge in [-0.15, -0.1) is 11.3 Å². The Hall–Kier alpha value is -1.67. The summed E-state index contributed by atoms with van der Waals surface area (Å²) in [5.74, 6) is 0.485. The smallest absolute Gasteiger partial charge is 0.225 e. The van der Waals surface area contributed by atoms with E-state index in [0.717, 1.165) is 75.6 Å². The number of carbonyl (C=O) groups excluding carboxylic acids is 1. The summed E-state index contributed by atoms with van der Waals surface area (Å²) in [6.07, 6.45) is 2.80. The lowest BCUT2D eigenvalue weighted by molar-refractivity contribution is -0.136. The third kappa shape index (κ3) is 6.67. The second-order valence-electron chi connectivity index (χ2n) is 8.16. The van der Waals surface area contributed by atoms with Crippen molar-refractivity contribution in [2.24, 2.45) is 10.9 Å². The maximum absolute atomic E-state index is 12.7. The fraction of sp³-hybridized carbons (Fsp3) is 0.583. The standard InChI is InChI=1S/C24H35ClN4O2S/c1-4-28(5-2)23(30)19-10-13-27(14-11-19)17-22-18-32-24(29(22)12-7-15-31-3)26-21-9-6-8-20(25)16-21/h6,8-9,16,18-19H,4-5,7,10-15,17H2,1-3H3. The van der Waals surface area contributed by atoms with E-state index in [2.05, 4.69) is 28.7 Å². The van der Waals surface area contributed by atoms with Gasteiger partial charge >= 0.3 is 0 Å². The lowest BCUT2D eigenvalue weighted by Crippen LogP contribution is -2.42. The van der Waals surface area contributed by atoms with Crippen LogP contribution in [0.4, 0.5) is 5.69 Å². The molecule has 0 radical (unpaired) electrons. The molecule has 0 bridgehead atoms. The van der Waals surface area contributed by atoms with Crippen molar-refractivity contribution in [1.29, 1.82) is 0 Å². The summed E-state index contributed by atoms with van der Waals surface area (Å²) in [7, 11) is 1.74. The minimum absolute atomic E-state index is 0.163. The number of hydrogen-bond donors (Lipinski definition) is 0. The molecular formula is C24H35ClN4O2S. The van der Waals surface area contributed by atoms with Gasteiger partial charge in [-0.05, 0) is 64.4 Å². The third-order valence-electron chi connectivity index (χ3n) is 6.04. The lowest BCUT2D eigenvalue weighted by atomic mass is 9.95. The molecule has 2 aromatic rings. The number of piperidine rings is 1. The van der Waals surface area contributed by atoms with Crippen LogP contribution < -0.4 is 4.80 Å². The Labute approximate surface area is 200 Å². The van der Waals surface area contributed by atoms with Crippen LogP contribution in [-0.4, -0.2) is 60.2 Å². The fourth-order valence-electron chi connectivity index (χ4n) is 4.20. The van der Waals surface area contributed by atoms with Crippen LogP contribution in [0.1, 0.15) is 38.8 Å². The Morgan fingerprint density at radius 3 is 2.69 bits per heavy atom. The molecule has 0 spiro atoms. The van der Waals surface area contributed by atoms with E-state index < -0.39 is 0 Å². The summed E-state index contributed by atoms with van der Waals surface area (Å²) in [5.41, 5.74) is 2.13. The van der Waals surface area contributed by atoms with E-state index in [9.17, 15) is 4.79 Å². The Balaban J connectivity index is 1.71. The summed E-state index contributed by atoms with van der Waals surface area (Å²) < 4.78 is 7.57. The fourth-order valence-corrected chi connectivity index (χ4v) is 5.32. The van der Waals surface area contributed by atoms with Gasteiger partial charge in [0.1, 0.15) is 0 Å². The van der Waals surface area contributed by atoms with E-state index in [1.54, 1.807) is 18.4 Å². The van der Waals surface area contributed by atoms with Crippen LogP contribution in [0.15, 0.2) is 34.6 Å². The van der Waals surface area contributed by atoms with Gasteiger partial charge in [-0.2, -0.15) is 0 Å². The van der Waals surface area contributed by atoms with Gasteiger partial charge in [-0.1, -0.05) is 17.7 Å². The summed E-state index contributed by atoms with van der Waals surface area (Å²) in [6.45, 7) is 10.1. The first kappa shape index (κ1) is 25.0. The molecule has 0 saturated carbocycles. The molecule has 176 valence electrons. The molecule has 1 aliphatic heterocycles. The van der Waals surface area contributed by atoms with Crippen LogP contribution in [0.3, 0.4) is 0 Å². The van der Waals surface area contributed by atoms with Gasteiger partial charge in [-0.3, -0.25) is 9.69 Å². The van der Waals surface area contributed by atoms with Gasteiger partial charge in [-0.25, -0.2) is 4.99 Å². The van der Waals surface area contributed by atoms with Crippen molar-refractivity contribution in [3.05, 3.63) is 45.2 Å². The Kier molecular flexibility index (Phi) is 9.78. The number of hydrogen-bond acceptors (Lipinski definition) is 5. The number of likely N-dealkylation sites (tertiary alicyclic amines) is 1. The largest absolute Gasteiger partial charge is 0.385 e. The molecule has 32 heavy (non-hydrogen) atoms. The van der Waals surface area contributed by atoms with Crippen LogP contribution >= 0.6 is 22.9 Å². The molecule has 6 nitrogen and oxygen atoms in total. The van der Waals surface area contributed by atoms with Crippen molar-refractivity contribution >= 4 is 34.5 Å². The molecule has 1 fully saturated rings. The predicted molar refractivity (Wildman–Crippen MR) is 131 cm³/mol. The molecule has 0 unspecified atom stereocenters. The van der Waals surface area contributed by atoms with E-state index in [1.807, 2.05) is 29.2 Å². The molecule has 1 aliphatic rings. The first-order valence-electron chi connectivity index (χ1n) is 11.5. The van der Waals surface area contributed by atoms with Crippen molar-refractivity contribution < 1.29 is 9.53 Å². The maximum atomic E-state index is 12.7. The van der Waals surface area contributed by atoms with Gasteiger partial charge in [0.2, 0.25) is 5.91 Å². The Morgan fingerprint density at radius 2 is 2.03 bits per heavy atom. The quantitative estimate of drug-likeness (QED) is 0.470. The number of methoxy groups -OCH3 is 1. The van der Waals surface area contributed by atoms with Gasteiger partial charge in [0.05, 0.1) is 5.69 Å². The molecule has 2 heterocycles. The van der Waals surface area contributed by atoms with Crippen molar-refractivity contribution in [1.82, 2.24) is 14.4 Å². The minimum atomic E-state index is 0.163. The van der Waals surface area contributed by atoms with Gasteiger partial charge in [0.15, 0.2) is 4.80 Å². The molecular weight excluding hydrogens is 444 g/mol. The average molecular weight is 479 g/mol. The Bertz CT molecular complexity index is 930. The molecule has 0 aliphatic carbocycles. The third-order valence-corrected chi connectivity index (χ3v) is 7.19. The lowest BCUT2D eigenvalue weighted by Gasteiger charge is -2.33. The normalized spacial score (nSPS) is 15.9. The molecule has 3 rings (SSSR count). The first-order valence-corrected chi connectivity index (χ1v) is 12.8. The number of aromatic nitrogens is 1. The van der Waals surface area contributed by atoms with Crippen molar-refractivity contribution in [2.75, 3.05) is 39.9 Å². The van der Waals surface area contributed by atoms with Crippen LogP contribution in [0.5, 0.6) is 0 Å². The summed E-state index contributed by atoms with van der Waals surface area (Å²) >= 11 is 7.81. The number of amides is 1. The number of thiazole rings is 1. The zero-order chi connectivity index (χ0) is 22.9. The number of nitrogens with zero attached hydrogens (tertiary/aromatic N) is 4. The summed E-state index contributed by atoms with van der Waals surface area (Å²) in [4.78, 5) is 23.0. The second-order valence-corrected chi connectivity index (χ2v) is 9.43. The average Bonchev–Trinajstić information content (AvgIpc) is 3.16. The molecule has 1 aromatic heterocycles. The molecule has 1 amide bonds. The van der Waals surface area contributed by atoms with Crippen molar-refractivity contribution in [3.63, 3.8) is 0 Å². The van der Waals surface area contributed by atoms with E-state index in [1.165, 1.54) is 5.69 Å². The van der Waals surface area contributed by atoms with E-state index in [0.29, 0.717) is 10.9 Å². The van der Waals surface area contributed by atoms with Gasteiger partial charge < -0.3 is 14.2 Å². The highest BCUT2D eigenvalue weighted by Crippen LogP contribution is 2.22. The summed E-state index contributed by atoms with van der Waals surface area (Å²) in [5, 5.41) is 2.90. The number of ether oxygens (including phenoxy) is 1. The first-order chi connectivity index (χ1) is 15.5. The van der Waals surface area contributed by atoms with E-state index in [4.69, 9.17) is 21.3 Å². The zero-order valence-electron chi connectivity index (χ0n) is 19.4. The molecule has 0 N–H and O–H groups in total. The van der Waals surface area contributed by atoms with E-state index in [-0.39, 0.29) is 5.92 Å². The Morgan fingerprint density at radius 1 is 1.28 bits per heavy atom. The predicted octanol–water partition coefficient (Wildman–Crippen LogP) is 4.55. The zero-order valence-corrected chi connectivity index (χ0v) is 21.0. The second kappa shape index (κ2) is 12.5. The SMILES string of the molecule is CCN(CC)C(=O)C1CCN(Cc2csc(=Nc3cccc(Cl)c3)n2CCCOC)CC1. The number of carbonyl (C=O) groups is 1. The number of benzene rings is 1. The van der Waals surface area contributed by atoms with Crippen LogP contribution in [0.2, 0.25) is 5.02 Å². The topological polar surface area (TPSA) is 50.1 Å². The van der Waals surface area contributed by atoms with Crippen LogP contribution in [-0.2, 0) is 22.6 Å². The van der Waals surface area contributed by atoms with Crippen molar-refractivity contribution in [3.8, 4) is 0 Å². The highest BCUT2D eigenvalue weighted by molar-refractivity contribution is 7.07. The monoisotopic (exact) mass is 478 g/mol. The molecule has 1 saturated heterocycles. The van der Waals surface area contributed by atoms with Crippen molar-refractivity contribution in [2.45, 2.75) is 46.2 Å². The van der Waals surface area contributed by atoms with E-state index >= 15 is 0 Å².